The maximum Gasteiger partial charge on any atom is 0.410 e. The van der Waals surface area contributed by atoms with Crippen molar-refractivity contribution in [3.63, 3.8) is 0 Å². The average molecular weight is 516 g/mol. The Morgan fingerprint density at radius 2 is 1.62 bits per heavy atom. The molecule has 1 amide bonds. The molecule has 0 unspecified atom stereocenters. The number of phenols is 1. The standard InChI is InChI=1S/C30H45NO6/c1-30(2,3)37-29(35)31(22-28(34)25-16-17-27(33)26(21-25)23-32)18-10-4-5-11-19-36-20-12-9-15-24-13-7-6-8-14-24/h6-8,13-14,16-17,21,28,32-34H,4-5,9-12,15,18-20,22-23H2,1-3H3/t28-/m0/s1. The largest absolute Gasteiger partial charge is 0.508 e. The van der Waals surface area contributed by atoms with Gasteiger partial charge in [-0.3, -0.25) is 0 Å². The zero-order valence-electron chi connectivity index (χ0n) is 22.7. The van der Waals surface area contributed by atoms with E-state index >= 15 is 0 Å². The number of aromatic hydroxyl groups is 1. The summed E-state index contributed by atoms with van der Waals surface area (Å²) in [5.74, 6) is -0.0291. The van der Waals surface area contributed by atoms with Crippen LogP contribution in [0.15, 0.2) is 48.5 Å². The number of aryl methyl sites for hydroxylation is 1. The molecule has 7 heteroatoms. The van der Waals surface area contributed by atoms with Crippen LogP contribution in [0, 0.1) is 0 Å². The van der Waals surface area contributed by atoms with Crippen molar-refractivity contribution >= 4 is 6.09 Å². The first-order valence-corrected chi connectivity index (χ1v) is 13.4. The van der Waals surface area contributed by atoms with Crippen LogP contribution in [0.2, 0.25) is 0 Å². The minimum atomic E-state index is -0.964. The number of aliphatic hydroxyl groups is 2. The first-order chi connectivity index (χ1) is 17.7. The number of unbranched alkanes of at least 4 members (excludes halogenated alkanes) is 4. The molecule has 0 spiro atoms. The molecule has 1 atom stereocenters. The van der Waals surface area contributed by atoms with Gasteiger partial charge in [0.25, 0.3) is 0 Å². The molecule has 0 aromatic heterocycles. The Hall–Kier alpha value is -2.61. The number of hydrogen-bond donors (Lipinski definition) is 3. The third-order valence-corrected chi connectivity index (χ3v) is 6.02. The molecule has 2 aromatic carbocycles. The molecule has 37 heavy (non-hydrogen) atoms. The Bertz CT molecular complexity index is 912. The van der Waals surface area contributed by atoms with E-state index in [-0.39, 0.29) is 18.9 Å². The molecule has 2 rings (SSSR count). The molecular weight excluding hydrogens is 470 g/mol. The van der Waals surface area contributed by atoms with Gasteiger partial charge < -0.3 is 29.7 Å². The maximum absolute atomic E-state index is 12.8. The van der Waals surface area contributed by atoms with Gasteiger partial charge >= 0.3 is 6.09 Å². The van der Waals surface area contributed by atoms with Gasteiger partial charge in [0.15, 0.2) is 0 Å². The Labute approximate surface area is 222 Å². The number of nitrogens with zero attached hydrogens (tertiary/aromatic N) is 1. The van der Waals surface area contributed by atoms with E-state index in [0.29, 0.717) is 17.7 Å². The Morgan fingerprint density at radius 1 is 0.946 bits per heavy atom. The summed E-state index contributed by atoms with van der Waals surface area (Å²) in [5.41, 5.74) is 1.59. The van der Waals surface area contributed by atoms with Crippen LogP contribution in [0.5, 0.6) is 5.75 Å². The molecule has 0 aliphatic carbocycles. The second-order valence-electron chi connectivity index (χ2n) is 10.5. The fourth-order valence-electron chi connectivity index (χ4n) is 3.98. The smallest absolute Gasteiger partial charge is 0.410 e. The zero-order valence-corrected chi connectivity index (χ0v) is 22.7. The van der Waals surface area contributed by atoms with Crippen LogP contribution in [0.3, 0.4) is 0 Å². The highest BCUT2D eigenvalue weighted by molar-refractivity contribution is 5.68. The molecule has 206 valence electrons. The Morgan fingerprint density at radius 3 is 2.30 bits per heavy atom. The first-order valence-electron chi connectivity index (χ1n) is 13.4. The number of carbonyl (C=O) groups excluding carboxylic acids is 1. The first kappa shape index (κ1) is 30.6. The molecule has 0 fully saturated rings. The van der Waals surface area contributed by atoms with Crippen molar-refractivity contribution in [3.8, 4) is 5.75 Å². The van der Waals surface area contributed by atoms with Crippen molar-refractivity contribution in [3.05, 3.63) is 65.2 Å². The van der Waals surface area contributed by atoms with Crippen LogP contribution in [-0.2, 0) is 22.5 Å². The van der Waals surface area contributed by atoms with Crippen LogP contribution in [0.1, 0.15) is 82.1 Å². The van der Waals surface area contributed by atoms with Crippen molar-refractivity contribution in [2.45, 2.75) is 84.0 Å². The van der Waals surface area contributed by atoms with Gasteiger partial charge in [-0.25, -0.2) is 4.79 Å². The van der Waals surface area contributed by atoms with Gasteiger partial charge in [0.1, 0.15) is 11.4 Å². The van der Waals surface area contributed by atoms with Crippen LogP contribution in [-0.4, -0.2) is 58.2 Å². The highest BCUT2D eigenvalue weighted by Gasteiger charge is 2.24. The van der Waals surface area contributed by atoms with E-state index in [2.05, 4.69) is 24.3 Å². The molecule has 0 saturated carbocycles. The number of hydrogen-bond acceptors (Lipinski definition) is 6. The maximum atomic E-state index is 12.8. The summed E-state index contributed by atoms with van der Waals surface area (Å²) in [6.45, 7) is 7.17. The predicted octanol–water partition coefficient (Wildman–Crippen LogP) is 5.75. The van der Waals surface area contributed by atoms with Gasteiger partial charge in [-0.1, -0.05) is 49.2 Å². The number of carbonyl (C=O) groups is 1. The second kappa shape index (κ2) is 16.3. The highest BCUT2D eigenvalue weighted by atomic mass is 16.6. The van der Waals surface area contributed by atoms with Gasteiger partial charge in [-0.05, 0) is 76.1 Å². The molecule has 0 saturated heterocycles. The lowest BCUT2D eigenvalue weighted by Gasteiger charge is -2.29. The average Bonchev–Trinajstić information content (AvgIpc) is 2.86. The fourth-order valence-corrected chi connectivity index (χ4v) is 3.98. The van der Waals surface area contributed by atoms with Crippen molar-refractivity contribution in [1.29, 1.82) is 0 Å². The third kappa shape index (κ3) is 12.5. The van der Waals surface area contributed by atoms with E-state index in [9.17, 15) is 20.1 Å². The molecule has 0 bridgehead atoms. The van der Waals surface area contributed by atoms with E-state index in [0.717, 1.165) is 58.2 Å². The monoisotopic (exact) mass is 515 g/mol. The van der Waals surface area contributed by atoms with Gasteiger partial charge in [0.05, 0.1) is 19.3 Å². The van der Waals surface area contributed by atoms with Crippen LogP contribution < -0.4 is 0 Å². The van der Waals surface area contributed by atoms with Gasteiger partial charge in [-0.15, -0.1) is 0 Å². The van der Waals surface area contributed by atoms with Crippen LogP contribution in [0.25, 0.3) is 0 Å². The summed E-state index contributed by atoms with van der Waals surface area (Å²) in [6.07, 6.45) is 5.56. The summed E-state index contributed by atoms with van der Waals surface area (Å²) < 4.78 is 11.3. The van der Waals surface area contributed by atoms with Crippen molar-refractivity contribution in [2.75, 3.05) is 26.3 Å². The van der Waals surface area contributed by atoms with Crippen molar-refractivity contribution < 1.29 is 29.6 Å². The number of ether oxygens (including phenoxy) is 2. The number of amides is 1. The molecular formula is C30H45NO6. The van der Waals surface area contributed by atoms with Gasteiger partial charge in [0, 0.05) is 25.3 Å². The number of rotatable bonds is 16. The number of aliphatic hydroxyl groups excluding tert-OH is 2. The normalized spacial score (nSPS) is 12.4. The molecule has 0 radical (unpaired) electrons. The third-order valence-electron chi connectivity index (χ3n) is 6.02. The quantitative estimate of drug-likeness (QED) is 0.246. The predicted molar refractivity (Wildman–Crippen MR) is 145 cm³/mol. The lowest BCUT2D eigenvalue weighted by molar-refractivity contribution is 0.0140. The second-order valence-corrected chi connectivity index (χ2v) is 10.5. The summed E-state index contributed by atoms with van der Waals surface area (Å²) in [6, 6.07) is 15.1. The molecule has 2 aromatic rings. The SMILES string of the molecule is CC(C)(C)OC(=O)N(CCCCCCOCCCCc1ccccc1)C[C@H](O)c1ccc(O)c(CO)c1. The fraction of sp³-hybridized carbons (Fsp3) is 0.567. The van der Waals surface area contributed by atoms with Crippen molar-refractivity contribution in [1.82, 2.24) is 4.90 Å². The van der Waals surface area contributed by atoms with E-state index in [4.69, 9.17) is 9.47 Å². The Kier molecular flexibility index (Phi) is 13.5. The van der Waals surface area contributed by atoms with E-state index < -0.39 is 17.8 Å². The van der Waals surface area contributed by atoms with Gasteiger partial charge in [0.2, 0.25) is 0 Å². The zero-order chi connectivity index (χ0) is 27.1. The highest BCUT2D eigenvalue weighted by Crippen LogP contribution is 2.24. The van der Waals surface area contributed by atoms with Gasteiger partial charge in [-0.2, -0.15) is 0 Å². The molecule has 0 heterocycles. The summed E-state index contributed by atoms with van der Waals surface area (Å²) in [5, 5.41) is 29.9. The van der Waals surface area contributed by atoms with E-state index in [1.807, 2.05) is 26.8 Å². The van der Waals surface area contributed by atoms with Crippen molar-refractivity contribution in [2.24, 2.45) is 0 Å². The molecule has 3 N–H and O–H groups in total. The topological polar surface area (TPSA) is 99.5 Å². The minimum absolute atomic E-state index is 0.0291. The lowest BCUT2D eigenvalue weighted by Crippen LogP contribution is -2.39. The van der Waals surface area contributed by atoms with E-state index in [1.165, 1.54) is 16.5 Å². The molecule has 7 nitrogen and oxygen atoms in total. The van der Waals surface area contributed by atoms with Crippen LogP contribution >= 0.6 is 0 Å². The molecule has 0 aliphatic rings. The van der Waals surface area contributed by atoms with Crippen LogP contribution in [0.4, 0.5) is 4.79 Å². The lowest BCUT2D eigenvalue weighted by atomic mass is 10.0. The molecule has 0 aliphatic heterocycles. The van der Waals surface area contributed by atoms with E-state index in [1.54, 1.807) is 12.1 Å². The summed E-state index contributed by atoms with van der Waals surface area (Å²) in [4.78, 5) is 14.3. The summed E-state index contributed by atoms with van der Waals surface area (Å²) >= 11 is 0. The minimum Gasteiger partial charge on any atom is -0.508 e. The number of benzene rings is 2. The Balaban J connectivity index is 1.69. The summed E-state index contributed by atoms with van der Waals surface area (Å²) in [7, 11) is 0.